The van der Waals surface area contributed by atoms with Crippen LogP contribution in [0.2, 0.25) is 5.02 Å². The van der Waals surface area contributed by atoms with E-state index in [1.165, 1.54) is 18.2 Å². The number of benzene rings is 2. The van der Waals surface area contributed by atoms with E-state index >= 15 is 0 Å². The molecule has 0 radical (unpaired) electrons. The minimum atomic E-state index is -3.98. The molecule has 0 aliphatic rings. The number of carbonyl (C=O) groups is 1. The molecule has 2 aromatic carbocycles. The lowest BCUT2D eigenvalue weighted by Crippen LogP contribution is -2.19. The van der Waals surface area contributed by atoms with E-state index in [0.717, 1.165) is 0 Å². The van der Waals surface area contributed by atoms with E-state index in [9.17, 15) is 13.2 Å². The Kier molecular flexibility index (Phi) is 5.22. The Hall–Kier alpha value is -2.13. The number of hydrogen-bond donors (Lipinski definition) is 4. The molecule has 0 spiro atoms. The third kappa shape index (κ3) is 4.42. The summed E-state index contributed by atoms with van der Waals surface area (Å²) in [7, 11) is -3.98. The summed E-state index contributed by atoms with van der Waals surface area (Å²) in [5.41, 5.74) is 3.32. The molecule has 122 valence electrons. The molecule has 9 heteroatoms. The zero-order valence-corrected chi connectivity index (χ0v) is 13.5. The molecule has 2 aromatic rings. The first kappa shape index (κ1) is 17.2. The fourth-order valence-corrected chi connectivity index (χ4v) is 2.90. The Morgan fingerprint density at radius 2 is 1.87 bits per heavy atom. The molecule has 0 bridgehead atoms. The van der Waals surface area contributed by atoms with Crippen molar-refractivity contribution in [2.45, 2.75) is 11.3 Å². The van der Waals surface area contributed by atoms with Gasteiger partial charge in [0, 0.05) is 10.7 Å². The van der Waals surface area contributed by atoms with Gasteiger partial charge in [-0.1, -0.05) is 29.8 Å². The summed E-state index contributed by atoms with van der Waals surface area (Å²) in [4.78, 5) is 11.8. The molecule has 6 N–H and O–H groups in total. The molecule has 0 atom stereocenters. The Bertz CT molecular complexity index is 840. The van der Waals surface area contributed by atoms with Crippen molar-refractivity contribution in [3.63, 3.8) is 0 Å². The van der Waals surface area contributed by atoms with Crippen molar-refractivity contribution in [2.75, 3.05) is 10.7 Å². The Morgan fingerprint density at radius 1 is 1.17 bits per heavy atom. The van der Waals surface area contributed by atoms with Gasteiger partial charge in [-0.15, -0.1) is 0 Å². The molecule has 23 heavy (non-hydrogen) atoms. The summed E-state index contributed by atoms with van der Waals surface area (Å²) >= 11 is 6.00. The second kappa shape index (κ2) is 6.97. The highest BCUT2D eigenvalue weighted by Crippen LogP contribution is 2.24. The van der Waals surface area contributed by atoms with Crippen LogP contribution >= 0.6 is 11.6 Å². The number of hydrazine groups is 1. The maximum absolute atomic E-state index is 12.1. The van der Waals surface area contributed by atoms with Crippen molar-refractivity contribution < 1.29 is 13.2 Å². The Morgan fingerprint density at radius 3 is 2.48 bits per heavy atom. The minimum Gasteiger partial charge on any atom is -0.326 e. The SMILES string of the molecule is NNc1ccc(NC(=O)Cc2ccccc2Cl)cc1S(N)(=O)=O. The number of primary sulfonamides is 1. The van der Waals surface area contributed by atoms with Crippen molar-refractivity contribution in [3.8, 4) is 0 Å². The maximum atomic E-state index is 12.1. The third-order valence-electron chi connectivity index (χ3n) is 3.04. The number of nitrogen functional groups attached to an aromatic ring is 1. The van der Waals surface area contributed by atoms with Crippen LogP contribution in [0.25, 0.3) is 0 Å². The van der Waals surface area contributed by atoms with Crippen LogP contribution < -0.4 is 21.7 Å². The number of sulfonamides is 1. The predicted molar refractivity (Wildman–Crippen MR) is 89.4 cm³/mol. The van der Waals surface area contributed by atoms with Gasteiger partial charge in [0.2, 0.25) is 15.9 Å². The van der Waals surface area contributed by atoms with Gasteiger partial charge in [-0.2, -0.15) is 0 Å². The van der Waals surface area contributed by atoms with Crippen LogP contribution in [0.5, 0.6) is 0 Å². The number of amides is 1. The van der Waals surface area contributed by atoms with Crippen molar-refractivity contribution in [3.05, 3.63) is 53.1 Å². The highest BCUT2D eigenvalue weighted by molar-refractivity contribution is 7.89. The summed E-state index contributed by atoms with van der Waals surface area (Å²) in [6.45, 7) is 0. The van der Waals surface area contributed by atoms with Crippen LogP contribution in [0.15, 0.2) is 47.4 Å². The Labute approximate surface area is 138 Å². The van der Waals surface area contributed by atoms with E-state index < -0.39 is 10.0 Å². The van der Waals surface area contributed by atoms with Crippen LogP contribution in [0, 0.1) is 0 Å². The van der Waals surface area contributed by atoms with E-state index in [2.05, 4.69) is 10.7 Å². The molecule has 0 aliphatic heterocycles. The second-order valence-corrected chi connectivity index (χ2v) is 6.65. The fourth-order valence-electron chi connectivity index (χ4n) is 1.97. The molecule has 2 rings (SSSR count). The van der Waals surface area contributed by atoms with Crippen molar-refractivity contribution in [1.82, 2.24) is 0 Å². The molecule has 1 amide bonds. The van der Waals surface area contributed by atoms with Gasteiger partial charge in [0.1, 0.15) is 4.90 Å². The maximum Gasteiger partial charge on any atom is 0.240 e. The van der Waals surface area contributed by atoms with E-state index in [-0.39, 0.29) is 28.6 Å². The van der Waals surface area contributed by atoms with Gasteiger partial charge in [0.05, 0.1) is 12.1 Å². The monoisotopic (exact) mass is 354 g/mol. The lowest BCUT2D eigenvalue weighted by molar-refractivity contribution is -0.115. The molecule has 0 fully saturated rings. The van der Waals surface area contributed by atoms with Gasteiger partial charge in [-0.05, 0) is 29.8 Å². The number of carbonyl (C=O) groups excluding carboxylic acids is 1. The zero-order chi connectivity index (χ0) is 17.0. The number of anilines is 2. The average Bonchev–Trinajstić information content (AvgIpc) is 2.48. The van der Waals surface area contributed by atoms with Crippen LogP contribution in [0.3, 0.4) is 0 Å². The standard InChI is InChI=1S/C14H15ClN4O3S/c15-11-4-2-1-3-9(11)7-14(20)18-10-5-6-12(19-16)13(8-10)23(17,21)22/h1-6,8,19H,7,16H2,(H,18,20)(H2,17,21,22). The van der Waals surface area contributed by atoms with Gasteiger partial charge in [0.25, 0.3) is 0 Å². The lowest BCUT2D eigenvalue weighted by Gasteiger charge is -2.11. The normalized spacial score (nSPS) is 11.1. The summed E-state index contributed by atoms with van der Waals surface area (Å²) in [6.07, 6.45) is 0.0568. The van der Waals surface area contributed by atoms with Crippen molar-refractivity contribution >= 4 is 38.9 Å². The van der Waals surface area contributed by atoms with Gasteiger partial charge < -0.3 is 10.7 Å². The van der Waals surface area contributed by atoms with Crippen LogP contribution in [0.1, 0.15) is 5.56 Å². The van der Waals surface area contributed by atoms with Crippen molar-refractivity contribution in [2.24, 2.45) is 11.0 Å². The summed E-state index contributed by atoms with van der Waals surface area (Å²) < 4.78 is 23.1. The topological polar surface area (TPSA) is 127 Å². The molecule has 0 saturated carbocycles. The van der Waals surface area contributed by atoms with Gasteiger partial charge in [0.15, 0.2) is 0 Å². The average molecular weight is 355 g/mol. The first-order valence-corrected chi connectivity index (χ1v) is 8.40. The van der Waals surface area contributed by atoms with Crippen LogP contribution in [-0.2, 0) is 21.2 Å². The molecule has 0 aromatic heterocycles. The highest BCUT2D eigenvalue weighted by atomic mass is 35.5. The molecule has 0 heterocycles. The third-order valence-corrected chi connectivity index (χ3v) is 4.36. The molecule has 0 saturated heterocycles. The van der Waals surface area contributed by atoms with E-state index in [1.807, 2.05) is 0 Å². The van der Waals surface area contributed by atoms with E-state index in [1.54, 1.807) is 24.3 Å². The lowest BCUT2D eigenvalue weighted by atomic mass is 10.1. The van der Waals surface area contributed by atoms with E-state index in [0.29, 0.717) is 10.6 Å². The number of nitrogens with two attached hydrogens (primary N) is 2. The molecule has 7 nitrogen and oxygen atoms in total. The zero-order valence-electron chi connectivity index (χ0n) is 11.9. The number of hydrogen-bond acceptors (Lipinski definition) is 5. The minimum absolute atomic E-state index is 0.0568. The largest absolute Gasteiger partial charge is 0.326 e. The van der Waals surface area contributed by atoms with Crippen LogP contribution in [0.4, 0.5) is 11.4 Å². The summed E-state index contributed by atoms with van der Waals surface area (Å²) in [5.74, 6) is 4.90. The van der Waals surface area contributed by atoms with Crippen LogP contribution in [-0.4, -0.2) is 14.3 Å². The number of nitrogens with one attached hydrogen (secondary N) is 2. The van der Waals surface area contributed by atoms with Gasteiger partial charge in [-0.3, -0.25) is 10.6 Å². The predicted octanol–water partition coefficient (Wildman–Crippen LogP) is 1.45. The fraction of sp³-hybridized carbons (Fsp3) is 0.0714. The van der Waals surface area contributed by atoms with Gasteiger partial charge >= 0.3 is 0 Å². The van der Waals surface area contributed by atoms with Crippen molar-refractivity contribution in [1.29, 1.82) is 0 Å². The smallest absolute Gasteiger partial charge is 0.240 e. The first-order chi connectivity index (χ1) is 10.8. The summed E-state index contributed by atoms with van der Waals surface area (Å²) in [6, 6.07) is 11.1. The number of rotatable bonds is 5. The molecule has 0 unspecified atom stereocenters. The highest BCUT2D eigenvalue weighted by Gasteiger charge is 2.15. The first-order valence-electron chi connectivity index (χ1n) is 6.48. The quantitative estimate of drug-likeness (QED) is 0.477. The molecular formula is C14H15ClN4O3S. The Balaban J connectivity index is 2.20. The summed E-state index contributed by atoms with van der Waals surface area (Å²) in [5, 5.41) is 8.20. The van der Waals surface area contributed by atoms with Gasteiger partial charge in [-0.25, -0.2) is 13.6 Å². The second-order valence-electron chi connectivity index (χ2n) is 4.72. The van der Waals surface area contributed by atoms with E-state index in [4.69, 9.17) is 22.6 Å². The molecule has 0 aliphatic carbocycles. The molecular weight excluding hydrogens is 340 g/mol. The number of halogens is 1.